The zero-order chi connectivity index (χ0) is 32.2. The fourth-order valence-corrected chi connectivity index (χ4v) is 6.14. The molecule has 2 aliphatic rings. The Bertz CT molecular complexity index is 1710. The van der Waals surface area contributed by atoms with Crippen molar-refractivity contribution in [3.63, 3.8) is 0 Å². The maximum atomic E-state index is 8.13. The van der Waals surface area contributed by atoms with Crippen LogP contribution >= 0.6 is 0 Å². The summed E-state index contributed by atoms with van der Waals surface area (Å²) in [5.74, 6) is 0. The monoisotopic (exact) mass is 725 g/mol. The molecule has 0 amide bonds. The topological polar surface area (TPSA) is 25.8 Å². The molecule has 6 rings (SSSR count). The molecule has 2 aromatic carbocycles. The van der Waals surface area contributed by atoms with E-state index in [4.69, 9.17) is 5.48 Å². The van der Waals surface area contributed by atoms with Gasteiger partial charge >= 0.3 is 0 Å². The Morgan fingerprint density at radius 3 is 1.90 bits per heavy atom. The number of fused-ring (bicyclic) bond motifs is 2. The summed E-state index contributed by atoms with van der Waals surface area (Å²) in [5, 5.41) is 0. The Hall–Kier alpha value is -2.61. The van der Waals surface area contributed by atoms with Crippen LogP contribution in [-0.4, -0.2) is 9.97 Å². The Morgan fingerprint density at radius 1 is 0.659 bits per heavy atom. The van der Waals surface area contributed by atoms with E-state index in [2.05, 4.69) is 95.7 Å². The maximum Gasteiger partial charge on any atom is 0.0406 e. The summed E-state index contributed by atoms with van der Waals surface area (Å²) in [4.78, 5) is 8.97. The largest absolute Gasteiger partial charge is 0.305 e. The molecule has 0 saturated carbocycles. The van der Waals surface area contributed by atoms with Crippen LogP contribution < -0.4 is 0 Å². The molecule has 1 radical (unpaired) electrons. The molecule has 2 aromatic heterocycles. The quantitative estimate of drug-likeness (QED) is 0.193. The Labute approximate surface area is 267 Å². The molecule has 0 atom stereocenters. The summed E-state index contributed by atoms with van der Waals surface area (Å²) in [6.07, 6.45) is 8.37. The molecule has 2 nitrogen and oxygen atoms in total. The summed E-state index contributed by atoms with van der Waals surface area (Å²) in [6.45, 7) is 18.3. The van der Waals surface area contributed by atoms with E-state index in [0.29, 0.717) is 11.3 Å². The number of hydrogen-bond donors (Lipinski definition) is 0. The van der Waals surface area contributed by atoms with Gasteiger partial charge in [-0.2, -0.15) is 0 Å². The van der Waals surface area contributed by atoms with Crippen molar-refractivity contribution in [3.8, 4) is 22.5 Å². The third kappa shape index (κ3) is 6.42. The molecule has 2 aliphatic carbocycles. The van der Waals surface area contributed by atoms with Crippen LogP contribution in [0.25, 0.3) is 22.5 Å². The Morgan fingerprint density at radius 2 is 1.27 bits per heavy atom. The van der Waals surface area contributed by atoms with Gasteiger partial charge in [-0.1, -0.05) is 80.0 Å². The van der Waals surface area contributed by atoms with Gasteiger partial charge in [-0.05, 0) is 72.2 Å². The van der Waals surface area contributed by atoms with E-state index < -0.39 is 0 Å². The number of benzene rings is 2. The maximum absolute atomic E-state index is 8.13. The second-order valence-corrected chi connectivity index (χ2v) is 14.0. The molecule has 0 fully saturated rings. The molecule has 0 aliphatic heterocycles. The number of aromatic nitrogens is 2. The van der Waals surface area contributed by atoms with E-state index in [1.165, 1.54) is 35.1 Å². The van der Waals surface area contributed by atoms with Crippen LogP contribution in [0.1, 0.15) is 109 Å². The van der Waals surface area contributed by atoms with Crippen LogP contribution in [0.2, 0.25) is 0 Å². The molecule has 0 unspecified atom stereocenters. The van der Waals surface area contributed by atoms with Crippen molar-refractivity contribution in [2.75, 3.05) is 0 Å². The number of pyridine rings is 2. The first kappa shape index (κ1) is 26.0. The molecule has 0 bridgehead atoms. The average molecular weight is 725 g/mol. The molecule has 4 aromatic rings. The molecule has 0 spiro atoms. The predicted octanol–water partition coefficient (Wildman–Crippen LogP) is 9.79. The summed E-state index contributed by atoms with van der Waals surface area (Å²) in [6, 6.07) is 18.0. The van der Waals surface area contributed by atoms with Gasteiger partial charge in [0.25, 0.3) is 0 Å². The fourth-order valence-electron chi connectivity index (χ4n) is 6.14. The predicted molar refractivity (Wildman–Crippen MR) is 168 cm³/mol. The summed E-state index contributed by atoms with van der Waals surface area (Å²) in [5.41, 5.74) is 8.95. The number of rotatable bonds is 2. The molecular weight excluding hydrogens is 677 g/mol. The molecule has 217 valence electrons. The van der Waals surface area contributed by atoms with Gasteiger partial charge in [0, 0.05) is 35.2 Å². The van der Waals surface area contributed by atoms with E-state index in [1.54, 1.807) is 0 Å². The van der Waals surface area contributed by atoms with Crippen LogP contribution in [0.15, 0.2) is 73.0 Å². The first-order valence-corrected chi connectivity index (χ1v) is 14.4. The summed E-state index contributed by atoms with van der Waals surface area (Å²) < 4.78 is 31.5. The Balaban J connectivity index is 0.000000203. The van der Waals surface area contributed by atoms with Crippen molar-refractivity contribution in [2.24, 2.45) is 0 Å². The van der Waals surface area contributed by atoms with Crippen molar-refractivity contribution >= 4 is 0 Å². The van der Waals surface area contributed by atoms with Crippen LogP contribution in [-0.2, 0) is 41.8 Å². The van der Waals surface area contributed by atoms with Gasteiger partial charge in [0.05, 0.1) is 0 Å². The zero-order valence-corrected chi connectivity index (χ0v) is 28.1. The molecule has 0 saturated heterocycles. The second-order valence-electron chi connectivity index (χ2n) is 14.0. The SMILES string of the molecule is CC1(C)CCC(C)(C)c2cc(-c3ccccn3)[c-]cc21.[2H]c1[c-]c(-c2cc3c(cn2)C(C)(C)CCC3(C)C)c([2H])c([2H])c1[2H].[Ir]. The van der Waals surface area contributed by atoms with Gasteiger partial charge in [-0.25, -0.2) is 0 Å². The third-order valence-corrected chi connectivity index (χ3v) is 9.22. The number of nitrogens with zero attached hydrogens (tertiary/aromatic N) is 2. The minimum Gasteiger partial charge on any atom is -0.305 e. The Kier molecular flexibility index (Phi) is 7.36. The zero-order valence-electron chi connectivity index (χ0n) is 29.7. The molecular formula is C38H44IrN2-2. The molecule has 41 heavy (non-hydrogen) atoms. The van der Waals surface area contributed by atoms with Crippen LogP contribution in [0.5, 0.6) is 0 Å². The van der Waals surface area contributed by atoms with E-state index in [0.717, 1.165) is 24.1 Å². The van der Waals surface area contributed by atoms with Crippen molar-refractivity contribution in [2.45, 2.75) is 103 Å². The molecule has 3 heteroatoms. The first-order valence-electron chi connectivity index (χ1n) is 16.4. The molecule has 2 heterocycles. The third-order valence-electron chi connectivity index (χ3n) is 9.22. The van der Waals surface area contributed by atoms with E-state index in [-0.39, 0.29) is 65.9 Å². The van der Waals surface area contributed by atoms with Crippen LogP contribution in [0.4, 0.5) is 0 Å². The van der Waals surface area contributed by atoms with Gasteiger partial charge in [-0.15, -0.1) is 70.7 Å². The van der Waals surface area contributed by atoms with Gasteiger partial charge in [0.15, 0.2) is 0 Å². The van der Waals surface area contributed by atoms with Crippen molar-refractivity contribution in [3.05, 3.63) is 107 Å². The van der Waals surface area contributed by atoms with Crippen molar-refractivity contribution in [1.82, 2.24) is 9.97 Å². The molecule has 0 N–H and O–H groups in total. The second kappa shape index (κ2) is 11.6. The summed E-state index contributed by atoms with van der Waals surface area (Å²) >= 11 is 0. The van der Waals surface area contributed by atoms with Gasteiger partial charge in [0.1, 0.15) is 0 Å². The number of hydrogen-bond acceptors (Lipinski definition) is 2. The van der Waals surface area contributed by atoms with Crippen molar-refractivity contribution < 1.29 is 25.6 Å². The van der Waals surface area contributed by atoms with E-state index in [1.807, 2.05) is 30.6 Å². The van der Waals surface area contributed by atoms with E-state index in [9.17, 15) is 0 Å². The van der Waals surface area contributed by atoms with Gasteiger partial charge < -0.3 is 9.97 Å². The first-order chi connectivity index (χ1) is 20.4. The fraction of sp³-hybridized carbons (Fsp3) is 0.421. The smallest absolute Gasteiger partial charge is 0.0406 e. The van der Waals surface area contributed by atoms with Crippen LogP contribution in [0.3, 0.4) is 0 Å². The minimum atomic E-state index is -0.261. The standard InChI is InChI=1S/2C19H22N.Ir/c1-18(2)10-11-19(3,4)16-13-14(8-9-15(16)18)17-7-5-6-12-20-17;1-18(2)10-11-19(3,4)16-13-20-17(12-15(16)18)14-8-6-5-7-9-14;/h5-7,9,12-13H,10-11H2,1-4H3;5-8,12-13H,10-11H2,1-4H3;/q2*-1;/i;5D,6D,7D,8D;. The average Bonchev–Trinajstić information content (AvgIpc) is 2.99. The van der Waals surface area contributed by atoms with E-state index >= 15 is 0 Å². The normalized spacial score (nSPS) is 20.3. The van der Waals surface area contributed by atoms with Crippen LogP contribution in [0, 0.1) is 12.1 Å². The minimum absolute atomic E-state index is 0. The van der Waals surface area contributed by atoms with Gasteiger partial charge in [0.2, 0.25) is 0 Å². The summed E-state index contributed by atoms with van der Waals surface area (Å²) in [7, 11) is 0. The van der Waals surface area contributed by atoms with Crippen molar-refractivity contribution in [1.29, 1.82) is 0 Å². The van der Waals surface area contributed by atoms with Gasteiger partial charge in [-0.3, -0.25) is 0 Å².